The number of amides is 1. The van der Waals surface area contributed by atoms with E-state index in [1.807, 2.05) is 24.3 Å². The Morgan fingerprint density at radius 3 is 2.62 bits per heavy atom. The number of halogens is 1. The van der Waals surface area contributed by atoms with Crippen LogP contribution in [0.5, 0.6) is 5.75 Å². The SMILES string of the molecule is CCN(CC)CCCC(C)NC(=NC)NCCOc1cccc(NC(C)=O)c1.I. The zero-order valence-corrected chi connectivity index (χ0v) is 20.8. The number of aliphatic imine (C=N–C) groups is 1. The van der Waals surface area contributed by atoms with E-state index >= 15 is 0 Å². The zero-order valence-electron chi connectivity index (χ0n) is 18.5. The molecule has 0 radical (unpaired) electrons. The lowest BCUT2D eigenvalue weighted by atomic mass is 10.2. The molecule has 29 heavy (non-hydrogen) atoms. The summed E-state index contributed by atoms with van der Waals surface area (Å²) in [5.74, 6) is 1.41. The predicted molar refractivity (Wildman–Crippen MR) is 133 cm³/mol. The van der Waals surface area contributed by atoms with E-state index in [9.17, 15) is 4.79 Å². The fourth-order valence-corrected chi connectivity index (χ4v) is 2.87. The molecule has 0 fully saturated rings. The molecular formula is C21H38IN5O2. The van der Waals surface area contributed by atoms with Crippen LogP contribution in [0.25, 0.3) is 0 Å². The zero-order chi connectivity index (χ0) is 20.8. The second-order valence-corrected chi connectivity index (χ2v) is 6.77. The smallest absolute Gasteiger partial charge is 0.221 e. The van der Waals surface area contributed by atoms with Crippen LogP contribution < -0.4 is 20.7 Å². The van der Waals surface area contributed by atoms with Gasteiger partial charge in [-0.05, 0) is 51.5 Å². The van der Waals surface area contributed by atoms with Crippen LogP contribution in [0.15, 0.2) is 29.3 Å². The average Bonchev–Trinajstić information content (AvgIpc) is 2.67. The number of hydrogen-bond acceptors (Lipinski definition) is 4. The Morgan fingerprint density at radius 1 is 1.28 bits per heavy atom. The minimum Gasteiger partial charge on any atom is -0.492 e. The number of rotatable bonds is 12. The summed E-state index contributed by atoms with van der Waals surface area (Å²) in [6.07, 6.45) is 2.27. The Morgan fingerprint density at radius 2 is 2.00 bits per heavy atom. The maximum Gasteiger partial charge on any atom is 0.221 e. The molecule has 0 aromatic heterocycles. The lowest BCUT2D eigenvalue weighted by Crippen LogP contribution is -2.43. The summed E-state index contributed by atoms with van der Waals surface area (Å²) in [7, 11) is 1.77. The first-order valence-electron chi connectivity index (χ1n) is 10.2. The highest BCUT2D eigenvalue weighted by molar-refractivity contribution is 14.0. The van der Waals surface area contributed by atoms with Gasteiger partial charge in [-0.15, -0.1) is 24.0 Å². The quantitative estimate of drug-likeness (QED) is 0.171. The average molecular weight is 519 g/mol. The highest BCUT2D eigenvalue weighted by Crippen LogP contribution is 2.17. The molecule has 1 rings (SSSR count). The van der Waals surface area contributed by atoms with E-state index in [2.05, 4.69) is 46.6 Å². The van der Waals surface area contributed by atoms with E-state index in [4.69, 9.17) is 4.74 Å². The molecule has 1 atom stereocenters. The summed E-state index contributed by atoms with van der Waals surface area (Å²) in [6.45, 7) is 12.6. The third kappa shape index (κ3) is 12.6. The van der Waals surface area contributed by atoms with Gasteiger partial charge in [0.2, 0.25) is 5.91 Å². The van der Waals surface area contributed by atoms with E-state index in [1.165, 1.54) is 13.3 Å². The van der Waals surface area contributed by atoms with Crippen molar-refractivity contribution in [2.45, 2.75) is 46.6 Å². The molecule has 1 unspecified atom stereocenters. The molecule has 1 aromatic carbocycles. The minimum atomic E-state index is -0.0973. The molecule has 7 nitrogen and oxygen atoms in total. The van der Waals surface area contributed by atoms with Crippen molar-refractivity contribution in [1.82, 2.24) is 15.5 Å². The molecule has 0 aliphatic heterocycles. The molecule has 3 N–H and O–H groups in total. The Hall–Kier alpha value is -1.55. The van der Waals surface area contributed by atoms with Gasteiger partial charge in [-0.2, -0.15) is 0 Å². The summed E-state index contributed by atoms with van der Waals surface area (Å²) in [5, 5.41) is 9.44. The predicted octanol–water partition coefficient (Wildman–Crippen LogP) is 3.32. The van der Waals surface area contributed by atoms with Gasteiger partial charge in [0.15, 0.2) is 5.96 Å². The molecule has 0 aliphatic rings. The fraction of sp³-hybridized carbons (Fsp3) is 0.619. The van der Waals surface area contributed by atoms with E-state index < -0.39 is 0 Å². The van der Waals surface area contributed by atoms with Gasteiger partial charge < -0.3 is 25.6 Å². The number of ether oxygens (including phenoxy) is 1. The lowest BCUT2D eigenvalue weighted by molar-refractivity contribution is -0.114. The molecule has 166 valence electrons. The summed E-state index contributed by atoms with van der Waals surface area (Å²) < 4.78 is 5.74. The first-order chi connectivity index (χ1) is 13.5. The summed E-state index contributed by atoms with van der Waals surface area (Å²) in [4.78, 5) is 17.8. The molecule has 8 heteroatoms. The molecule has 0 bridgehead atoms. The van der Waals surface area contributed by atoms with Crippen molar-refractivity contribution in [3.63, 3.8) is 0 Å². The Balaban J connectivity index is 0.00000784. The second kappa shape index (κ2) is 16.3. The van der Waals surface area contributed by atoms with E-state index in [0.29, 0.717) is 19.2 Å². The van der Waals surface area contributed by atoms with Crippen molar-refractivity contribution in [3.8, 4) is 5.75 Å². The van der Waals surface area contributed by atoms with Crippen molar-refractivity contribution in [2.24, 2.45) is 4.99 Å². The highest BCUT2D eigenvalue weighted by atomic mass is 127. The van der Waals surface area contributed by atoms with Crippen molar-refractivity contribution in [1.29, 1.82) is 0 Å². The standard InChI is InChI=1S/C21H37N5O2.HI/c1-6-26(7-2)14-9-10-17(3)24-21(22-5)23-13-15-28-20-12-8-11-19(16-20)25-18(4)27;/h8,11-12,16-17H,6-7,9-10,13-15H2,1-5H3,(H,25,27)(H2,22,23,24);1H. The van der Waals surface area contributed by atoms with Crippen LogP contribution in [-0.2, 0) is 4.79 Å². The van der Waals surface area contributed by atoms with Gasteiger partial charge in [-0.1, -0.05) is 19.9 Å². The van der Waals surface area contributed by atoms with Crippen LogP contribution in [0.4, 0.5) is 5.69 Å². The van der Waals surface area contributed by atoms with Crippen LogP contribution in [0.2, 0.25) is 0 Å². The van der Waals surface area contributed by atoms with E-state index in [1.54, 1.807) is 7.05 Å². The van der Waals surface area contributed by atoms with Gasteiger partial charge in [-0.3, -0.25) is 9.79 Å². The van der Waals surface area contributed by atoms with Crippen molar-refractivity contribution in [2.75, 3.05) is 45.2 Å². The third-order valence-corrected chi connectivity index (χ3v) is 4.43. The molecule has 0 spiro atoms. The number of guanidine groups is 1. The van der Waals surface area contributed by atoms with Gasteiger partial charge in [-0.25, -0.2) is 0 Å². The third-order valence-electron chi connectivity index (χ3n) is 4.43. The second-order valence-electron chi connectivity index (χ2n) is 6.77. The largest absolute Gasteiger partial charge is 0.492 e. The van der Waals surface area contributed by atoms with Crippen LogP contribution in [0.1, 0.15) is 40.5 Å². The number of carbonyl (C=O) groups is 1. The molecule has 0 saturated heterocycles. The van der Waals surface area contributed by atoms with Crippen molar-refractivity contribution in [3.05, 3.63) is 24.3 Å². The first kappa shape index (κ1) is 27.5. The summed E-state index contributed by atoms with van der Waals surface area (Å²) in [5.41, 5.74) is 0.731. The van der Waals surface area contributed by atoms with Gasteiger partial charge in [0.05, 0.1) is 6.54 Å². The van der Waals surface area contributed by atoms with Crippen molar-refractivity contribution >= 4 is 41.5 Å². The number of hydrogen-bond donors (Lipinski definition) is 3. The topological polar surface area (TPSA) is 78.0 Å². The van der Waals surface area contributed by atoms with Crippen LogP contribution >= 0.6 is 24.0 Å². The number of benzene rings is 1. The Bertz CT molecular complexity index is 608. The van der Waals surface area contributed by atoms with E-state index in [-0.39, 0.29) is 29.9 Å². The molecular weight excluding hydrogens is 481 g/mol. The maximum absolute atomic E-state index is 11.1. The highest BCUT2D eigenvalue weighted by Gasteiger charge is 2.06. The van der Waals surface area contributed by atoms with Crippen LogP contribution in [0, 0.1) is 0 Å². The molecule has 0 heterocycles. The number of anilines is 1. The Kier molecular flexibility index (Phi) is 15.4. The van der Waals surface area contributed by atoms with Gasteiger partial charge in [0.1, 0.15) is 12.4 Å². The fourth-order valence-electron chi connectivity index (χ4n) is 2.87. The lowest BCUT2D eigenvalue weighted by Gasteiger charge is -2.21. The number of nitrogens with zero attached hydrogens (tertiary/aromatic N) is 2. The van der Waals surface area contributed by atoms with Crippen molar-refractivity contribution < 1.29 is 9.53 Å². The van der Waals surface area contributed by atoms with Gasteiger partial charge in [0, 0.05) is 31.8 Å². The molecule has 0 saturated carbocycles. The van der Waals surface area contributed by atoms with E-state index in [0.717, 1.165) is 43.5 Å². The number of nitrogens with one attached hydrogen (secondary N) is 3. The normalized spacial score (nSPS) is 12.1. The number of carbonyl (C=O) groups excluding carboxylic acids is 1. The van der Waals surface area contributed by atoms with Gasteiger partial charge in [0.25, 0.3) is 0 Å². The van der Waals surface area contributed by atoms with Crippen LogP contribution in [-0.4, -0.2) is 62.6 Å². The first-order valence-corrected chi connectivity index (χ1v) is 10.2. The monoisotopic (exact) mass is 519 g/mol. The Labute approximate surface area is 193 Å². The minimum absolute atomic E-state index is 0. The molecule has 0 aliphatic carbocycles. The maximum atomic E-state index is 11.1. The summed E-state index contributed by atoms with van der Waals surface area (Å²) >= 11 is 0. The molecule has 1 amide bonds. The molecule has 1 aromatic rings. The summed E-state index contributed by atoms with van der Waals surface area (Å²) in [6, 6.07) is 7.73. The van der Waals surface area contributed by atoms with Crippen LogP contribution in [0.3, 0.4) is 0 Å². The van der Waals surface area contributed by atoms with Gasteiger partial charge >= 0.3 is 0 Å².